The molecule has 2 aromatic carbocycles. The van der Waals surface area contributed by atoms with Crippen molar-refractivity contribution in [2.45, 2.75) is 0 Å². The molecule has 0 aromatic heterocycles. The number of para-hydroxylation sites is 1. The van der Waals surface area contributed by atoms with Crippen LogP contribution in [-0.2, 0) is 0 Å². The first-order valence-corrected chi connectivity index (χ1v) is 5.68. The Hall–Kier alpha value is -1.71. The summed E-state index contributed by atoms with van der Waals surface area (Å²) in [6.07, 6.45) is 4.13. The van der Waals surface area contributed by atoms with Crippen molar-refractivity contribution in [3.8, 4) is 0 Å². The van der Waals surface area contributed by atoms with Crippen LogP contribution in [-0.4, -0.2) is 5.71 Å². The number of rotatable bonds is 2. The van der Waals surface area contributed by atoms with Gasteiger partial charge in [0.2, 0.25) is 0 Å². The molecule has 0 spiro atoms. The third-order valence-corrected chi connectivity index (χ3v) is 2.78. The molecule has 90 valence electrons. The molecular formula is C15H13BrN2. The van der Waals surface area contributed by atoms with Crippen molar-refractivity contribution < 1.29 is 22.0 Å². The second kappa shape index (κ2) is 5.76. The van der Waals surface area contributed by atoms with E-state index in [-0.39, 0.29) is 17.0 Å². The van der Waals surface area contributed by atoms with Gasteiger partial charge in [-0.2, -0.15) is 5.01 Å². The lowest BCUT2D eigenvalue weighted by molar-refractivity contribution is -0.779. The summed E-state index contributed by atoms with van der Waals surface area (Å²) >= 11 is 0. The normalized spacial score (nSPS) is 17.1. The molecule has 2 nitrogen and oxygen atoms in total. The van der Waals surface area contributed by atoms with E-state index in [9.17, 15) is 0 Å². The molecule has 2 aromatic rings. The SMILES string of the molecule is C1=C[NH+](c2ccccc2)N=C1c1ccccc1.[Br-]. The lowest BCUT2D eigenvalue weighted by atomic mass is 10.1. The van der Waals surface area contributed by atoms with Gasteiger partial charge in [0.1, 0.15) is 11.9 Å². The van der Waals surface area contributed by atoms with Crippen LogP contribution >= 0.6 is 0 Å². The second-order valence-electron chi connectivity index (χ2n) is 3.95. The van der Waals surface area contributed by atoms with E-state index in [0.717, 1.165) is 22.0 Å². The van der Waals surface area contributed by atoms with Gasteiger partial charge in [-0.15, -0.1) is 0 Å². The van der Waals surface area contributed by atoms with Crippen molar-refractivity contribution in [1.82, 2.24) is 0 Å². The Labute approximate surface area is 117 Å². The number of hydrogen-bond donors (Lipinski definition) is 1. The van der Waals surface area contributed by atoms with Gasteiger partial charge in [0.15, 0.2) is 5.69 Å². The predicted octanol–water partition coefficient (Wildman–Crippen LogP) is -0.861. The molecule has 1 heterocycles. The first-order chi connectivity index (χ1) is 8.43. The fourth-order valence-electron chi connectivity index (χ4n) is 1.90. The smallest absolute Gasteiger partial charge is 0.162 e. The maximum Gasteiger partial charge on any atom is 0.162 e. The quantitative estimate of drug-likeness (QED) is 0.743. The van der Waals surface area contributed by atoms with Gasteiger partial charge in [-0.3, -0.25) is 0 Å². The molecule has 0 saturated heterocycles. The number of quaternary nitrogens is 1. The van der Waals surface area contributed by atoms with E-state index in [4.69, 9.17) is 0 Å². The number of hydrogen-bond acceptors (Lipinski definition) is 1. The first kappa shape index (κ1) is 12.7. The van der Waals surface area contributed by atoms with Crippen molar-refractivity contribution in [3.05, 3.63) is 78.5 Å². The largest absolute Gasteiger partial charge is 1.00 e. The summed E-state index contributed by atoms with van der Waals surface area (Å²) in [5.41, 5.74) is 3.36. The van der Waals surface area contributed by atoms with E-state index in [1.807, 2.05) is 36.4 Å². The zero-order valence-electron chi connectivity index (χ0n) is 9.75. The highest BCUT2D eigenvalue weighted by atomic mass is 79.9. The van der Waals surface area contributed by atoms with Gasteiger partial charge in [-0.25, -0.2) is 0 Å². The van der Waals surface area contributed by atoms with Crippen LogP contribution in [0.1, 0.15) is 5.56 Å². The van der Waals surface area contributed by atoms with E-state index >= 15 is 0 Å². The van der Waals surface area contributed by atoms with Gasteiger partial charge in [0.05, 0.1) is 0 Å². The van der Waals surface area contributed by atoms with Crippen LogP contribution in [0.15, 0.2) is 78.0 Å². The lowest BCUT2D eigenvalue weighted by Crippen LogP contribution is -3.00. The van der Waals surface area contributed by atoms with Crippen molar-refractivity contribution in [2.24, 2.45) is 5.10 Å². The van der Waals surface area contributed by atoms with Gasteiger partial charge >= 0.3 is 0 Å². The van der Waals surface area contributed by atoms with Crippen molar-refractivity contribution in [1.29, 1.82) is 0 Å². The van der Waals surface area contributed by atoms with E-state index in [0.29, 0.717) is 0 Å². The zero-order chi connectivity index (χ0) is 11.5. The zero-order valence-corrected chi connectivity index (χ0v) is 11.3. The third kappa shape index (κ3) is 2.58. The fraction of sp³-hybridized carbons (Fsp3) is 0. The molecule has 0 amide bonds. The van der Waals surface area contributed by atoms with Gasteiger partial charge in [-0.1, -0.05) is 53.6 Å². The highest BCUT2D eigenvalue weighted by Crippen LogP contribution is 2.06. The Bertz CT molecular complexity index is 562. The maximum atomic E-state index is 4.65. The molecule has 1 atom stereocenters. The third-order valence-electron chi connectivity index (χ3n) is 2.78. The Kier molecular flexibility index (Phi) is 4.07. The van der Waals surface area contributed by atoms with Crippen molar-refractivity contribution in [3.63, 3.8) is 0 Å². The molecule has 3 rings (SSSR count). The molecular weight excluding hydrogens is 288 g/mol. The van der Waals surface area contributed by atoms with Crippen LogP contribution in [0.2, 0.25) is 0 Å². The summed E-state index contributed by atoms with van der Waals surface area (Å²) in [4.78, 5) is 0. The first-order valence-electron chi connectivity index (χ1n) is 5.68. The highest BCUT2D eigenvalue weighted by molar-refractivity contribution is 6.08. The number of allylic oxidation sites excluding steroid dienone is 1. The molecule has 18 heavy (non-hydrogen) atoms. The number of nitrogens with zero attached hydrogens (tertiary/aromatic N) is 1. The van der Waals surface area contributed by atoms with E-state index in [1.54, 1.807) is 0 Å². The summed E-state index contributed by atoms with van der Waals surface area (Å²) in [6, 6.07) is 20.5. The molecule has 0 fully saturated rings. The molecule has 0 aliphatic carbocycles. The molecule has 1 aliphatic heterocycles. The summed E-state index contributed by atoms with van der Waals surface area (Å²) < 4.78 is 0. The standard InChI is InChI=1S/C15H12N2.BrH/c1-3-7-13(8-4-1)15-11-12-17(16-15)14-9-5-2-6-10-14;/h1-12H;1H. The number of halogens is 1. The average molecular weight is 301 g/mol. The summed E-state index contributed by atoms with van der Waals surface area (Å²) in [5.74, 6) is 0. The van der Waals surface area contributed by atoms with Crippen LogP contribution in [0.5, 0.6) is 0 Å². The number of benzene rings is 2. The maximum absolute atomic E-state index is 4.65. The van der Waals surface area contributed by atoms with E-state index in [2.05, 4.69) is 41.6 Å². The lowest BCUT2D eigenvalue weighted by Gasteiger charge is -2.02. The van der Waals surface area contributed by atoms with Gasteiger partial charge in [-0.05, 0) is 0 Å². The Morgan fingerprint density at radius 1 is 0.778 bits per heavy atom. The van der Waals surface area contributed by atoms with Gasteiger partial charge in [0, 0.05) is 23.8 Å². The van der Waals surface area contributed by atoms with Gasteiger partial charge < -0.3 is 17.0 Å². The van der Waals surface area contributed by atoms with E-state index in [1.165, 1.54) is 0 Å². The molecule has 3 heteroatoms. The Balaban J connectivity index is 0.00000120. The summed E-state index contributed by atoms with van der Waals surface area (Å²) in [7, 11) is 0. The van der Waals surface area contributed by atoms with Crippen molar-refractivity contribution in [2.75, 3.05) is 0 Å². The average Bonchev–Trinajstić information content (AvgIpc) is 2.90. The fourth-order valence-corrected chi connectivity index (χ4v) is 1.90. The van der Waals surface area contributed by atoms with Crippen LogP contribution in [0.4, 0.5) is 5.69 Å². The second-order valence-corrected chi connectivity index (χ2v) is 3.95. The topological polar surface area (TPSA) is 16.8 Å². The van der Waals surface area contributed by atoms with Crippen molar-refractivity contribution >= 4 is 11.4 Å². The minimum absolute atomic E-state index is 0. The molecule has 0 radical (unpaired) electrons. The monoisotopic (exact) mass is 300 g/mol. The predicted molar refractivity (Wildman–Crippen MR) is 69.2 cm³/mol. The molecule has 0 saturated carbocycles. The Morgan fingerprint density at radius 3 is 2.06 bits per heavy atom. The minimum Gasteiger partial charge on any atom is -1.00 e. The molecule has 1 aliphatic rings. The highest BCUT2D eigenvalue weighted by Gasteiger charge is 2.16. The van der Waals surface area contributed by atoms with Crippen LogP contribution in [0.25, 0.3) is 0 Å². The van der Waals surface area contributed by atoms with E-state index < -0.39 is 0 Å². The van der Waals surface area contributed by atoms with Crippen LogP contribution in [0, 0.1) is 0 Å². The minimum atomic E-state index is 0. The van der Waals surface area contributed by atoms with Crippen LogP contribution < -0.4 is 22.0 Å². The molecule has 0 bridgehead atoms. The summed E-state index contributed by atoms with van der Waals surface area (Å²) in [6.45, 7) is 0. The number of nitrogens with one attached hydrogen (secondary N) is 1. The molecule has 1 unspecified atom stereocenters. The van der Waals surface area contributed by atoms with Gasteiger partial charge in [0.25, 0.3) is 0 Å². The Morgan fingerprint density at radius 2 is 1.39 bits per heavy atom. The van der Waals surface area contributed by atoms with Crippen LogP contribution in [0.3, 0.4) is 0 Å². The summed E-state index contributed by atoms with van der Waals surface area (Å²) in [5, 5.41) is 5.68. The molecule has 1 N–H and O–H groups in total.